The van der Waals surface area contributed by atoms with Crippen LogP contribution in [0.4, 0.5) is 17.6 Å². The molecule has 0 aliphatic carbocycles. The van der Waals surface area contributed by atoms with Gasteiger partial charge in [0.25, 0.3) is 0 Å². The van der Waals surface area contributed by atoms with Crippen molar-refractivity contribution in [3.05, 3.63) is 35.1 Å². The molecular formula is C13H17F4N. The molecule has 18 heavy (non-hydrogen) atoms. The van der Waals surface area contributed by atoms with E-state index in [9.17, 15) is 17.6 Å². The van der Waals surface area contributed by atoms with Crippen molar-refractivity contribution in [2.45, 2.75) is 44.8 Å². The van der Waals surface area contributed by atoms with E-state index in [1.807, 2.05) is 6.92 Å². The van der Waals surface area contributed by atoms with E-state index in [2.05, 4.69) is 0 Å². The van der Waals surface area contributed by atoms with Gasteiger partial charge in [-0.2, -0.15) is 13.2 Å². The molecule has 1 aromatic rings. The average Bonchev–Trinajstić information content (AvgIpc) is 2.27. The summed E-state index contributed by atoms with van der Waals surface area (Å²) in [5, 5.41) is 0. The van der Waals surface area contributed by atoms with E-state index in [1.165, 1.54) is 0 Å². The first-order valence-electron chi connectivity index (χ1n) is 5.98. The van der Waals surface area contributed by atoms with Gasteiger partial charge in [-0.3, -0.25) is 0 Å². The van der Waals surface area contributed by atoms with Gasteiger partial charge in [0.15, 0.2) is 0 Å². The standard InChI is InChI=1S/C13H17F4N/c1-2-3-4-5-12(18)10-8-9(14)6-7-11(10)13(15,16)17/h6-8,12H,2-5,18H2,1H3. The first-order valence-corrected chi connectivity index (χ1v) is 5.98. The summed E-state index contributed by atoms with van der Waals surface area (Å²) in [5.41, 5.74) is 4.74. The lowest BCUT2D eigenvalue weighted by Crippen LogP contribution is -2.18. The summed E-state index contributed by atoms with van der Waals surface area (Å²) in [5.74, 6) is -0.691. The number of unbranched alkanes of at least 4 members (excludes halogenated alkanes) is 2. The molecule has 0 saturated carbocycles. The molecule has 0 aliphatic rings. The average molecular weight is 263 g/mol. The monoisotopic (exact) mass is 263 g/mol. The predicted octanol–water partition coefficient (Wildman–Crippen LogP) is 4.42. The van der Waals surface area contributed by atoms with Crippen molar-refractivity contribution < 1.29 is 17.6 Å². The van der Waals surface area contributed by atoms with E-state index in [1.54, 1.807) is 0 Å². The van der Waals surface area contributed by atoms with Crippen molar-refractivity contribution in [1.82, 2.24) is 0 Å². The predicted molar refractivity (Wildman–Crippen MR) is 62.5 cm³/mol. The molecule has 0 fully saturated rings. The molecule has 5 heteroatoms. The maximum Gasteiger partial charge on any atom is 0.416 e. The number of benzene rings is 1. The highest BCUT2D eigenvalue weighted by Crippen LogP contribution is 2.35. The maximum absolute atomic E-state index is 13.1. The molecule has 0 saturated heterocycles. The second-order valence-corrected chi connectivity index (χ2v) is 4.33. The molecule has 0 bridgehead atoms. The lowest BCUT2D eigenvalue weighted by atomic mass is 9.96. The highest BCUT2D eigenvalue weighted by molar-refractivity contribution is 5.32. The van der Waals surface area contributed by atoms with Crippen molar-refractivity contribution in [3.63, 3.8) is 0 Å². The van der Waals surface area contributed by atoms with Crippen LogP contribution in [0.15, 0.2) is 18.2 Å². The quantitative estimate of drug-likeness (QED) is 0.617. The third kappa shape index (κ3) is 3.98. The summed E-state index contributed by atoms with van der Waals surface area (Å²) in [4.78, 5) is 0. The molecule has 0 amide bonds. The lowest BCUT2D eigenvalue weighted by molar-refractivity contribution is -0.138. The third-order valence-electron chi connectivity index (χ3n) is 2.84. The van der Waals surface area contributed by atoms with Crippen LogP contribution < -0.4 is 5.73 Å². The van der Waals surface area contributed by atoms with Crippen molar-refractivity contribution >= 4 is 0 Å². The first kappa shape index (κ1) is 15.0. The van der Waals surface area contributed by atoms with Crippen LogP contribution in [-0.4, -0.2) is 0 Å². The fourth-order valence-electron chi connectivity index (χ4n) is 1.87. The van der Waals surface area contributed by atoms with Gasteiger partial charge in [0, 0.05) is 6.04 Å². The zero-order valence-electron chi connectivity index (χ0n) is 10.2. The molecule has 0 aliphatic heterocycles. The molecule has 0 spiro atoms. The van der Waals surface area contributed by atoms with Crippen molar-refractivity contribution in [2.75, 3.05) is 0 Å². The number of rotatable bonds is 5. The largest absolute Gasteiger partial charge is 0.416 e. The lowest BCUT2D eigenvalue weighted by Gasteiger charge is -2.18. The summed E-state index contributed by atoms with van der Waals surface area (Å²) in [6, 6.07) is 1.68. The topological polar surface area (TPSA) is 26.0 Å². The fourth-order valence-corrected chi connectivity index (χ4v) is 1.87. The Morgan fingerprint density at radius 3 is 2.44 bits per heavy atom. The summed E-state index contributed by atoms with van der Waals surface area (Å²) in [6.07, 6.45) is -1.45. The van der Waals surface area contributed by atoms with Crippen LogP contribution in [0.5, 0.6) is 0 Å². The van der Waals surface area contributed by atoms with Gasteiger partial charge in [-0.15, -0.1) is 0 Å². The first-order chi connectivity index (χ1) is 8.36. The minimum absolute atomic E-state index is 0.154. The summed E-state index contributed by atoms with van der Waals surface area (Å²) in [6.45, 7) is 1.99. The molecule has 102 valence electrons. The van der Waals surface area contributed by atoms with Crippen LogP contribution in [0.2, 0.25) is 0 Å². The third-order valence-corrected chi connectivity index (χ3v) is 2.84. The van der Waals surface area contributed by atoms with Crippen molar-refractivity contribution in [1.29, 1.82) is 0 Å². The van der Waals surface area contributed by atoms with Crippen LogP contribution in [-0.2, 0) is 6.18 Å². The van der Waals surface area contributed by atoms with Gasteiger partial charge >= 0.3 is 6.18 Å². The van der Waals surface area contributed by atoms with Gasteiger partial charge < -0.3 is 5.73 Å². The van der Waals surface area contributed by atoms with E-state index in [4.69, 9.17) is 5.73 Å². The zero-order valence-corrected chi connectivity index (χ0v) is 10.2. The minimum Gasteiger partial charge on any atom is -0.324 e. The number of hydrogen-bond acceptors (Lipinski definition) is 1. The molecule has 0 heterocycles. The summed E-state index contributed by atoms with van der Waals surface area (Å²) < 4.78 is 51.3. The van der Waals surface area contributed by atoms with Gasteiger partial charge in [0.2, 0.25) is 0 Å². The van der Waals surface area contributed by atoms with Gasteiger partial charge in [0.05, 0.1) is 5.56 Å². The Balaban J connectivity index is 2.94. The molecule has 0 radical (unpaired) electrons. The molecular weight excluding hydrogens is 246 g/mol. The van der Waals surface area contributed by atoms with E-state index < -0.39 is 23.6 Å². The minimum atomic E-state index is -4.49. The smallest absolute Gasteiger partial charge is 0.324 e. The molecule has 1 unspecified atom stereocenters. The second-order valence-electron chi connectivity index (χ2n) is 4.33. The van der Waals surface area contributed by atoms with Crippen LogP contribution >= 0.6 is 0 Å². The molecule has 0 aromatic heterocycles. The van der Waals surface area contributed by atoms with Crippen LogP contribution in [0.1, 0.15) is 49.8 Å². The number of nitrogens with two attached hydrogens (primary N) is 1. The van der Waals surface area contributed by atoms with Gasteiger partial charge in [-0.05, 0) is 30.2 Å². The Morgan fingerprint density at radius 2 is 1.89 bits per heavy atom. The SMILES string of the molecule is CCCCCC(N)c1cc(F)ccc1C(F)(F)F. The Labute approximate surface area is 104 Å². The van der Waals surface area contributed by atoms with E-state index in [0.29, 0.717) is 6.42 Å². The molecule has 1 rings (SSSR count). The van der Waals surface area contributed by atoms with Crippen LogP contribution in [0.25, 0.3) is 0 Å². The summed E-state index contributed by atoms with van der Waals surface area (Å²) >= 11 is 0. The number of hydrogen-bond donors (Lipinski definition) is 1. The molecule has 1 aromatic carbocycles. The van der Waals surface area contributed by atoms with Crippen molar-refractivity contribution in [2.24, 2.45) is 5.73 Å². The van der Waals surface area contributed by atoms with E-state index in [-0.39, 0.29) is 5.56 Å². The van der Waals surface area contributed by atoms with Gasteiger partial charge in [-0.25, -0.2) is 4.39 Å². The van der Waals surface area contributed by atoms with E-state index >= 15 is 0 Å². The van der Waals surface area contributed by atoms with Gasteiger partial charge in [0.1, 0.15) is 5.82 Å². The molecule has 1 nitrogen and oxygen atoms in total. The van der Waals surface area contributed by atoms with Crippen molar-refractivity contribution in [3.8, 4) is 0 Å². The van der Waals surface area contributed by atoms with Gasteiger partial charge in [-0.1, -0.05) is 26.2 Å². The second kappa shape index (κ2) is 6.18. The van der Waals surface area contributed by atoms with Crippen LogP contribution in [0, 0.1) is 5.82 Å². The fraction of sp³-hybridized carbons (Fsp3) is 0.538. The Morgan fingerprint density at radius 1 is 1.22 bits per heavy atom. The number of halogens is 4. The Bertz CT molecular complexity index is 387. The highest BCUT2D eigenvalue weighted by atomic mass is 19.4. The highest BCUT2D eigenvalue weighted by Gasteiger charge is 2.34. The molecule has 2 N–H and O–H groups in total. The Hall–Kier alpha value is -1.10. The number of alkyl halides is 3. The van der Waals surface area contributed by atoms with Crippen LogP contribution in [0.3, 0.4) is 0 Å². The normalized spacial score (nSPS) is 13.7. The zero-order chi connectivity index (χ0) is 13.8. The maximum atomic E-state index is 13.1. The summed E-state index contributed by atoms with van der Waals surface area (Å²) in [7, 11) is 0. The molecule has 1 atom stereocenters. The Kier molecular flexibility index (Phi) is 5.14. The van der Waals surface area contributed by atoms with E-state index in [0.717, 1.165) is 37.5 Å².